The highest BCUT2D eigenvalue weighted by Crippen LogP contribution is 2.14. The van der Waals surface area contributed by atoms with E-state index < -0.39 is 0 Å². The van der Waals surface area contributed by atoms with Gasteiger partial charge in [0.25, 0.3) is 0 Å². The van der Waals surface area contributed by atoms with Gasteiger partial charge in [0.1, 0.15) is 6.23 Å². The largest absolute Gasteiger partial charge is 0.364 e. The summed E-state index contributed by atoms with van der Waals surface area (Å²) in [5, 5.41) is 3.47. The molecule has 0 aliphatic carbocycles. The van der Waals surface area contributed by atoms with Crippen LogP contribution in [0.4, 0.5) is 9.41 Å². The topological polar surface area (TPSA) is 47.3 Å². The summed E-state index contributed by atoms with van der Waals surface area (Å²) in [6.07, 6.45) is 23.7. The van der Waals surface area contributed by atoms with Gasteiger partial charge in [-0.25, -0.2) is 0 Å². The van der Waals surface area contributed by atoms with Gasteiger partial charge in [-0.1, -0.05) is 96.8 Å². The van der Waals surface area contributed by atoms with Crippen molar-refractivity contribution in [1.29, 1.82) is 0 Å². The van der Waals surface area contributed by atoms with E-state index >= 15 is 0 Å². The van der Waals surface area contributed by atoms with Crippen molar-refractivity contribution in [3.63, 3.8) is 0 Å². The molecule has 0 fully saturated rings. The van der Waals surface area contributed by atoms with Gasteiger partial charge >= 0.3 is 0 Å². The molecular formula is C23H52F2N2O. The second kappa shape index (κ2) is 28.9. The first-order chi connectivity index (χ1) is 12.8. The molecule has 174 valence electrons. The first kappa shape index (κ1) is 32.4. The fraction of sp³-hybridized carbons (Fsp3) is 1.00. The fourth-order valence-electron chi connectivity index (χ4n) is 3.51. The maximum Gasteiger partial charge on any atom is 0.108 e. The molecule has 0 radical (unpaired) electrons. The molecule has 0 heterocycles. The monoisotopic (exact) mass is 410 g/mol. The second-order valence-corrected chi connectivity index (χ2v) is 7.78. The van der Waals surface area contributed by atoms with Crippen molar-refractivity contribution in [2.45, 2.75) is 129 Å². The molecule has 0 bridgehead atoms. The van der Waals surface area contributed by atoms with Crippen molar-refractivity contribution in [2.24, 2.45) is 5.73 Å². The summed E-state index contributed by atoms with van der Waals surface area (Å²) in [7, 11) is 0. The maximum atomic E-state index is 5.76. The average molecular weight is 411 g/mol. The Bertz CT molecular complexity index is 259. The SMILES string of the molecule is CCCCCCCCCCCCCCCCCC(NCCCN)OCC.F.F. The molecule has 0 spiro atoms. The molecule has 0 saturated carbocycles. The normalized spacial score (nSPS) is 11.7. The van der Waals surface area contributed by atoms with Crippen LogP contribution in [-0.2, 0) is 4.74 Å². The van der Waals surface area contributed by atoms with E-state index in [1.807, 2.05) is 0 Å². The Balaban J connectivity index is -0.00000312. The molecule has 3 nitrogen and oxygen atoms in total. The highest BCUT2D eigenvalue weighted by atomic mass is 19.0. The van der Waals surface area contributed by atoms with Gasteiger partial charge in [-0.3, -0.25) is 14.7 Å². The van der Waals surface area contributed by atoms with E-state index in [-0.39, 0.29) is 15.6 Å². The lowest BCUT2D eigenvalue weighted by Gasteiger charge is -2.18. The zero-order valence-electron chi connectivity index (χ0n) is 19.0. The highest BCUT2D eigenvalue weighted by Gasteiger charge is 2.06. The molecule has 28 heavy (non-hydrogen) atoms. The lowest BCUT2D eigenvalue weighted by atomic mass is 10.0. The number of ether oxygens (including phenoxy) is 1. The van der Waals surface area contributed by atoms with Gasteiger partial charge in [-0.2, -0.15) is 0 Å². The van der Waals surface area contributed by atoms with E-state index in [0.29, 0.717) is 0 Å². The molecule has 0 aromatic rings. The molecule has 0 saturated heterocycles. The molecule has 5 heteroatoms. The molecule has 0 aromatic heterocycles. The molecule has 0 aliphatic heterocycles. The number of unbranched alkanes of at least 4 members (excludes halogenated alkanes) is 14. The highest BCUT2D eigenvalue weighted by molar-refractivity contribution is 4.58. The number of hydrogen-bond acceptors (Lipinski definition) is 3. The molecule has 0 aliphatic rings. The van der Waals surface area contributed by atoms with Gasteiger partial charge in [-0.15, -0.1) is 0 Å². The summed E-state index contributed by atoms with van der Waals surface area (Å²) >= 11 is 0. The number of rotatable bonds is 22. The summed E-state index contributed by atoms with van der Waals surface area (Å²) < 4.78 is 5.76. The summed E-state index contributed by atoms with van der Waals surface area (Å²) in [5.74, 6) is 0. The smallest absolute Gasteiger partial charge is 0.108 e. The van der Waals surface area contributed by atoms with Crippen molar-refractivity contribution in [3.05, 3.63) is 0 Å². The lowest BCUT2D eigenvalue weighted by Crippen LogP contribution is -2.33. The molecule has 0 aromatic carbocycles. The first-order valence-corrected chi connectivity index (χ1v) is 11.9. The Morgan fingerprint density at radius 3 is 1.46 bits per heavy atom. The van der Waals surface area contributed by atoms with E-state index in [1.165, 1.54) is 96.3 Å². The Morgan fingerprint density at radius 1 is 0.643 bits per heavy atom. The number of halogens is 2. The maximum absolute atomic E-state index is 5.76. The van der Waals surface area contributed by atoms with Crippen LogP contribution >= 0.6 is 0 Å². The van der Waals surface area contributed by atoms with Crippen LogP contribution in [0.3, 0.4) is 0 Å². The second-order valence-electron chi connectivity index (χ2n) is 7.78. The molecule has 0 rings (SSSR count). The van der Waals surface area contributed by atoms with Crippen LogP contribution in [0.2, 0.25) is 0 Å². The van der Waals surface area contributed by atoms with E-state index in [0.717, 1.165) is 32.5 Å². The zero-order chi connectivity index (χ0) is 19.1. The van der Waals surface area contributed by atoms with Gasteiger partial charge in [0.15, 0.2) is 0 Å². The summed E-state index contributed by atoms with van der Waals surface area (Å²) in [6, 6.07) is 0. The minimum absolute atomic E-state index is 0. The van der Waals surface area contributed by atoms with Crippen LogP contribution in [0.15, 0.2) is 0 Å². The van der Waals surface area contributed by atoms with Crippen molar-refractivity contribution >= 4 is 0 Å². The summed E-state index contributed by atoms with van der Waals surface area (Å²) in [5.41, 5.74) is 5.54. The number of nitrogens with one attached hydrogen (secondary N) is 1. The van der Waals surface area contributed by atoms with Crippen LogP contribution < -0.4 is 11.1 Å². The van der Waals surface area contributed by atoms with Crippen molar-refractivity contribution in [2.75, 3.05) is 19.7 Å². The average Bonchev–Trinajstić information content (AvgIpc) is 2.65. The van der Waals surface area contributed by atoms with Crippen LogP contribution in [0.25, 0.3) is 0 Å². The van der Waals surface area contributed by atoms with E-state index in [2.05, 4.69) is 19.2 Å². The predicted octanol–water partition coefficient (Wildman–Crippen LogP) is 6.85. The van der Waals surface area contributed by atoms with Gasteiger partial charge in [-0.05, 0) is 39.3 Å². The minimum Gasteiger partial charge on any atom is -0.364 e. The van der Waals surface area contributed by atoms with Crippen molar-refractivity contribution in [1.82, 2.24) is 5.32 Å². The van der Waals surface area contributed by atoms with E-state index in [1.54, 1.807) is 0 Å². The predicted molar refractivity (Wildman–Crippen MR) is 122 cm³/mol. The van der Waals surface area contributed by atoms with Gasteiger partial charge in [0.2, 0.25) is 0 Å². The zero-order valence-corrected chi connectivity index (χ0v) is 19.0. The Labute approximate surface area is 174 Å². The Kier molecular flexibility index (Phi) is 33.5. The summed E-state index contributed by atoms with van der Waals surface area (Å²) in [6.45, 7) is 6.88. The third-order valence-corrected chi connectivity index (χ3v) is 5.19. The van der Waals surface area contributed by atoms with E-state index in [4.69, 9.17) is 10.5 Å². The number of nitrogens with two attached hydrogens (primary N) is 1. The number of hydrogen-bond donors (Lipinski definition) is 2. The third-order valence-electron chi connectivity index (χ3n) is 5.19. The summed E-state index contributed by atoms with van der Waals surface area (Å²) in [4.78, 5) is 0. The Hall–Kier alpha value is -0.260. The molecule has 1 atom stereocenters. The van der Waals surface area contributed by atoms with Gasteiger partial charge in [0, 0.05) is 6.61 Å². The van der Waals surface area contributed by atoms with Crippen LogP contribution in [-0.4, -0.2) is 25.9 Å². The molecule has 0 amide bonds. The van der Waals surface area contributed by atoms with Crippen molar-refractivity contribution < 1.29 is 14.1 Å². The molecule has 3 N–H and O–H groups in total. The minimum atomic E-state index is 0. The first-order valence-electron chi connectivity index (χ1n) is 11.9. The van der Waals surface area contributed by atoms with Gasteiger partial charge < -0.3 is 10.5 Å². The lowest BCUT2D eigenvalue weighted by molar-refractivity contribution is 0.0306. The van der Waals surface area contributed by atoms with Crippen LogP contribution in [0, 0.1) is 0 Å². The van der Waals surface area contributed by atoms with Crippen LogP contribution in [0.5, 0.6) is 0 Å². The standard InChI is InChI=1S/C23H50N2O.2FH/c1-3-5-6-7-8-9-10-11-12-13-14-15-16-17-18-20-23(26-4-2)25-22-19-21-24;;/h23,25H,3-22,24H2,1-2H3;2*1H. The Morgan fingerprint density at radius 2 is 1.07 bits per heavy atom. The van der Waals surface area contributed by atoms with Gasteiger partial charge in [0.05, 0.1) is 0 Å². The molecule has 1 unspecified atom stereocenters. The quantitative estimate of drug-likeness (QED) is 0.151. The fourth-order valence-corrected chi connectivity index (χ4v) is 3.51. The molecular weight excluding hydrogens is 358 g/mol. The van der Waals surface area contributed by atoms with Crippen molar-refractivity contribution in [3.8, 4) is 0 Å². The van der Waals surface area contributed by atoms with E-state index in [9.17, 15) is 0 Å². The third kappa shape index (κ3) is 25.7. The van der Waals surface area contributed by atoms with Crippen LogP contribution in [0.1, 0.15) is 123 Å².